The highest BCUT2D eigenvalue weighted by Gasteiger charge is 2.46. The van der Waals surface area contributed by atoms with Gasteiger partial charge in [0.15, 0.2) is 0 Å². The van der Waals surface area contributed by atoms with Crippen molar-refractivity contribution in [2.75, 3.05) is 13.7 Å². The van der Waals surface area contributed by atoms with Crippen molar-refractivity contribution in [3.05, 3.63) is 89.4 Å². The number of hydrogen-bond donors (Lipinski definition) is 1. The largest absolute Gasteiger partial charge is 0.507 e. The Morgan fingerprint density at radius 1 is 1.03 bits per heavy atom. The maximum atomic E-state index is 13.0. The first kappa shape index (κ1) is 21.2. The normalized spacial score (nSPS) is 17.6. The zero-order valence-electron chi connectivity index (χ0n) is 17.8. The average molecular weight is 433 g/mol. The summed E-state index contributed by atoms with van der Waals surface area (Å²) in [5.41, 5.74) is 1.11. The standard InChI is InChI=1S/C25H23NO6/c1-3-31-19-12-6-16(7-13-19)22-21(23(27)17-8-10-18(30-2)11-9-17)24(28)25(29)26(22)15-20-5-4-14-32-20/h4-14,22,27H,3,15H2,1-2H3/b23-21+/t22-/m0/s1. The third-order valence-corrected chi connectivity index (χ3v) is 5.32. The Balaban J connectivity index is 1.81. The van der Waals surface area contributed by atoms with Crippen LogP contribution in [0.25, 0.3) is 5.76 Å². The van der Waals surface area contributed by atoms with E-state index in [0.29, 0.717) is 35.0 Å². The summed E-state index contributed by atoms with van der Waals surface area (Å²) in [4.78, 5) is 27.4. The van der Waals surface area contributed by atoms with Crippen LogP contribution in [0.2, 0.25) is 0 Å². The summed E-state index contributed by atoms with van der Waals surface area (Å²) in [6.45, 7) is 2.50. The van der Waals surface area contributed by atoms with E-state index in [4.69, 9.17) is 13.9 Å². The molecule has 1 atom stereocenters. The molecule has 0 radical (unpaired) electrons. The van der Waals surface area contributed by atoms with Gasteiger partial charge in [-0.25, -0.2) is 0 Å². The van der Waals surface area contributed by atoms with E-state index in [1.54, 1.807) is 67.8 Å². The SMILES string of the molecule is CCOc1ccc([C@H]2/C(=C(\O)c3ccc(OC)cc3)C(=O)C(=O)N2Cc2ccco2)cc1. The van der Waals surface area contributed by atoms with Gasteiger partial charge in [-0.05, 0) is 61.0 Å². The summed E-state index contributed by atoms with van der Waals surface area (Å²) < 4.78 is 16.1. The van der Waals surface area contributed by atoms with Crippen molar-refractivity contribution in [3.63, 3.8) is 0 Å². The summed E-state index contributed by atoms with van der Waals surface area (Å²) in [5, 5.41) is 11.1. The first-order chi connectivity index (χ1) is 15.5. The molecule has 0 bridgehead atoms. The Morgan fingerprint density at radius 2 is 1.72 bits per heavy atom. The van der Waals surface area contributed by atoms with Gasteiger partial charge in [0.05, 0.1) is 38.1 Å². The minimum absolute atomic E-state index is 0.0240. The molecule has 1 fully saturated rings. The molecular weight excluding hydrogens is 410 g/mol. The smallest absolute Gasteiger partial charge is 0.296 e. The number of likely N-dealkylation sites (tertiary alicyclic amines) is 1. The lowest BCUT2D eigenvalue weighted by Crippen LogP contribution is -2.29. The number of furan rings is 1. The third-order valence-electron chi connectivity index (χ3n) is 5.32. The number of aliphatic hydroxyl groups excluding tert-OH is 1. The van der Waals surface area contributed by atoms with E-state index in [2.05, 4.69) is 0 Å². The minimum Gasteiger partial charge on any atom is -0.507 e. The molecule has 164 valence electrons. The average Bonchev–Trinajstić information content (AvgIpc) is 3.42. The van der Waals surface area contributed by atoms with Gasteiger partial charge in [0.2, 0.25) is 0 Å². The van der Waals surface area contributed by atoms with Crippen molar-refractivity contribution in [3.8, 4) is 11.5 Å². The molecule has 1 N–H and O–H groups in total. The van der Waals surface area contributed by atoms with Gasteiger partial charge in [0, 0.05) is 5.56 Å². The number of methoxy groups -OCH3 is 1. The van der Waals surface area contributed by atoms with E-state index in [1.165, 1.54) is 11.2 Å². The Bertz CT molecular complexity index is 1130. The molecule has 2 aromatic carbocycles. The van der Waals surface area contributed by atoms with Gasteiger partial charge < -0.3 is 23.9 Å². The van der Waals surface area contributed by atoms with Crippen molar-refractivity contribution in [1.29, 1.82) is 0 Å². The molecule has 1 aliphatic heterocycles. The maximum absolute atomic E-state index is 13.0. The number of benzene rings is 2. The number of rotatable bonds is 7. The number of nitrogens with zero attached hydrogens (tertiary/aromatic N) is 1. The molecule has 0 aliphatic carbocycles. The van der Waals surface area contributed by atoms with Gasteiger partial charge in [-0.15, -0.1) is 0 Å². The molecule has 0 unspecified atom stereocenters. The van der Waals surface area contributed by atoms with E-state index in [0.717, 1.165) is 0 Å². The van der Waals surface area contributed by atoms with Gasteiger partial charge in [-0.2, -0.15) is 0 Å². The number of Topliss-reactive ketones (excluding diaryl/α,β-unsaturated/α-hetero) is 1. The van der Waals surface area contributed by atoms with Crippen LogP contribution >= 0.6 is 0 Å². The molecule has 0 saturated carbocycles. The van der Waals surface area contributed by atoms with Gasteiger partial charge >= 0.3 is 0 Å². The second kappa shape index (κ2) is 9.01. The second-order valence-electron chi connectivity index (χ2n) is 7.24. The van der Waals surface area contributed by atoms with Crippen molar-refractivity contribution in [1.82, 2.24) is 4.90 Å². The Kier molecular flexibility index (Phi) is 5.98. The van der Waals surface area contributed by atoms with Crippen LogP contribution in [0.4, 0.5) is 0 Å². The summed E-state index contributed by atoms with van der Waals surface area (Å²) in [6, 6.07) is 16.5. The Hall–Kier alpha value is -4.00. The van der Waals surface area contributed by atoms with E-state index in [1.807, 2.05) is 6.92 Å². The molecule has 7 nitrogen and oxygen atoms in total. The van der Waals surface area contributed by atoms with Crippen molar-refractivity contribution >= 4 is 17.4 Å². The highest BCUT2D eigenvalue weighted by Crippen LogP contribution is 2.40. The Labute approximate surface area is 185 Å². The lowest BCUT2D eigenvalue weighted by atomic mass is 9.95. The number of aliphatic hydroxyl groups is 1. The molecule has 0 spiro atoms. The zero-order chi connectivity index (χ0) is 22.7. The maximum Gasteiger partial charge on any atom is 0.296 e. The molecule has 4 rings (SSSR count). The van der Waals surface area contributed by atoms with E-state index in [9.17, 15) is 14.7 Å². The van der Waals surface area contributed by atoms with E-state index in [-0.39, 0.29) is 17.9 Å². The molecule has 1 aromatic heterocycles. The summed E-state index contributed by atoms with van der Waals surface area (Å²) in [5.74, 6) is 0.135. The van der Waals surface area contributed by atoms with Crippen LogP contribution in [0.15, 0.2) is 76.9 Å². The second-order valence-corrected chi connectivity index (χ2v) is 7.24. The minimum atomic E-state index is -0.780. The number of ketones is 1. The lowest BCUT2D eigenvalue weighted by Gasteiger charge is -2.24. The molecule has 1 aliphatic rings. The topological polar surface area (TPSA) is 89.2 Å². The van der Waals surface area contributed by atoms with Crippen LogP contribution in [-0.4, -0.2) is 35.4 Å². The summed E-state index contributed by atoms with van der Waals surface area (Å²) >= 11 is 0. The van der Waals surface area contributed by atoms with Crippen LogP contribution < -0.4 is 9.47 Å². The van der Waals surface area contributed by atoms with Crippen LogP contribution in [-0.2, 0) is 16.1 Å². The van der Waals surface area contributed by atoms with Crippen LogP contribution in [0.3, 0.4) is 0 Å². The third kappa shape index (κ3) is 3.97. The highest BCUT2D eigenvalue weighted by molar-refractivity contribution is 6.46. The Morgan fingerprint density at radius 3 is 2.31 bits per heavy atom. The molecule has 1 saturated heterocycles. The molecule has 32 heavy (non-hydrogen) atoms. The number of carbonyl (C=O) groups is 2. The number of hydrogen-bond acceptors (Lipinski definition) is 6. The van der Waals surface area contributed by atoms with E-state index >= 15 is 0 Å². The van der Waals surface area contributed by atoms with Gasteiger partial charge in [0.1, 0.15) is 23.0 Å². The fraction of sp³-hybridized carbons (Fsp3) is 0.200. The number of ether oxygens (including phenoxy) is 2. The zero-order valence-corrected chi connectivity index (χ0v) is 17.8. The number of amides is 1. The summed E-state index contributed by atoms with van der Waals surface area (Å²) in [7, 11) is 1.54. The van der Waals surface area contributed by atoms with E-state index < -0.39 is 17.7 Å². The molecular formula is C25H23NO6. The van der Waals surface area contributed by atoms with Gasteiger partial charge in [-0.3, -0.25) is 9.59 Å². The van der Waals surface area contributed by atoms with Crippen molar-refractivity contribution in [2.45, 2.75) is 19.5 Å². The predicted molar refractivity (Wildman–Crippen MR) is 117 cm³/mol. The fourth-order valence-electron chi connectivity index (χ4n) is 3.78. The summed E-state index contributed by atoms with van der Waals surface area (Å²) in [6.07, 6.45) is 1.51. The van der Waals surface area contributed by atoms with Crippen LogP contribution in [0.1, 0.15) is 29.9 Å². The molecule has 3 aromatic rings. The first-order valence-electron chi connectivity index (χ1n) is 10.2. The molecule has 1 amide bonds. The van der Waals surface area contributed by atoms with Crippen LogP contribution in [0, 0.1) is 0 Å². The monoisotopic (exact) mass is 433 g/mol. The quantitative estimate of drug-likeness (QED) is 0.339. The highest BCUT2D eigenvalue weighted by atomic mass is 16.5. The van der Waals surface area contributed by atoms with Gasteiger partial charge in [0.25, 0.3) is 11.7 Å². The van der Waals surface area contributed by atoms with Crippen molar-refractivity contribution < 1.29 is 28.6 Å². The first-order valence-corrected chi connectivity index (χ1v) is 10.2. The van der Waals surface area contributed by atoms with Gasteiger partial charge in [-0.1, -0.05) is 12.1 Å². The molecule has 2 heterocycles. The molecule has 7 heteroatoms. The predicted octanol–water partition coefficient (Wildman–Crippen LogP) is 4.31. The lowest BCUT2D eigenvalue weighted by molar-refractivity contribution is -0.140. The van der Waals surface area contributed by atoms with Crippen LogP contribution in [0.5, 0.6) is 11.5 Å². The number of carbonyl (C=O) groups excluding carboxylic acids is 2. The fourth-order valence-corrected chi connectivity index (χ4v) is 3.78. The van der Waals surface area contributed by atoms with Crippen molar-refractivity contribution in [2.24, 2.45) is 0 Å².